The Morgan fingerprint density at radius 3 is 2.57 bits per heavy atom. The van der Waals surface area contributed by atoms with Crippen molar-refractivity contribution >= 4 is 11.6 Å². The number of fused-ring (bicyclic) bond motifs is 1. The molecule has 0 spiro atoms. The van der Waals surface area contributed by atoms with Crippen LogP contribution in [-0.2, 0) is 24.9 Å². The minimum Gasteiger partial charge on any atom is -0.445 e. The number of nitriles is 1. The Morgan fingerprint density at radius 1 is 1.11 bits per heavy atom. The summed E-state index contributed by atoms with van der Waals surface area (Å²) in [5.74, 6) is -0.321. The van der Waals surface area contributed by atoms with E-state index >= 15 is 0 Å². The van der Waals surface area contributed by atoms with E-state index in [1.165, 1.54) is 6.20 Å². The fraction of sp³-hybridized carbons (Fsp3) is 0.412. The van der Waals surface area contributed by atoms with Crippen molar-refractivity contribution in [3.8, 4) is 29.0 Å². The van der Waals surface area contributed by atoms with Gasteiger partial charge in [0.1, 0.15) is 0 Å². The molecule has 12 heteroatoms. The van der Waals surface area contributed by atoms with Crippen LogP contribution in [0.15, 0.2) is 48.7 Å². The Labute approximate surface area is 269 Å². The number of ether oxygens (including phenoxy) is 2. The zero-order chi connectivity index (χ0) is 32.3. The number of para-hydroxylation sites is 1. The number of halogens is 4. The number of aromatic nitrogens is 4. The van der Waals surface area contributed by atoms with Gasteiger partial charge in [-0.1, -0.05) is 23.7 Å². The van der Waals surface area contributed by atoms with Gasteiger partial charge in [-0.25, -0.2) is 0 Å². The number of aryl methyl sites for hydroxylation is 1. The van der Waals surface area contributed by atoms with E-state index < -0.39 is 23.2 Å². The first-order valence-corrected chi connectivity index (χ1v) is 15.7. The molecule has 1 N–H and O–H groups in total. The molecule has 1 atom stereocenters. The Morgan fingerprint density at radius 2 is 1.89 bits per heavy atom. The number of piperidine rings is 1. The van der Waals surface area contributed by atoms with Gasteiger partial charge in [-0.3, -0.25) is 9.88 Å². The molecule has 8 nitrogen and oxygen atoms in total. The summed E-state index contributed by atoms with van der Waals surface area (Å²) < 4.78 is 52.3. The molecule has 238 valence electrons. The maximum absolute atomic E-state index is 13.1. The van der Waals surface area contributed by atoms with Crippen LogP contribution >= 0.6 is 11.6 Å². The fourth-order valence-electron chi connectivity index (χ4n) is 6.66. The number of nitrogens with one attached hydrogen (secondary N) is 1. The number of benzene rings is 2. The smallest absolute Gasteiger partial charge is 0.445 e. The monoisotopic (exact) mass is 648 g/mol. The zero-order valence-corrected chi connectivity index (χ0v) is 26.2. The number of aromatic amines is 1. The highest BCUT2D eigenvalue weighted by molar-refractivity contribution is 6.30. The van der Waals surface area contributed by atoms with Gasteiger partial charge in [-0.2, -0.15) is 18.4 Å². The lowest BCUT2D eigenvalue weighted by Crippen LogP contribution is -2.34. The van der Waals surface area contributed by atoms with Crippen molar-refractivity contribution in [3.05, 3.63) is 87.5 Å². The van der Waals surface area contributed by atoms with E-state index in [9.17, 15) is 18.4 Å². The number of alkyl halides is 3. The number of nitrogens with zero attached hydrogens (tertiary/aromatic N) is 5. The van der Waals surface area contributed by atoms with Crippen molar-refractivity contribution < 1.29 is 22.6 Å². The van der Waals surface area contributed by atoms with Gasteiger partial charge in [0.15, 0.2) is 17.3 Å². The number of rotatable bonds is 7. The average molecular weight is 649 g/mol. The molecule has 46 heavy (non-hydrogen) atoms. The molecule has 7 rings (SSSR count). The Bertz CT molecular complexity index is 1840. The van der Waals surface area contributed by atoms with Gasteiger partial charge in [0.2, 0.25) is 5.82 Å². The summed E-state index contributed by atoms with van der Waals surface area (Å²) in [5, 5.41) is 17.4. The maximum atomic E-state index is 13.1. The van der Waals surface area contributed by atoms with Crippen LogP contribution in [0.4, 0.5) is 13.2 Å². The van der Waals surface area contributed by atoms with Crippen LogP contribution in [0.1, 0.15) is 72.3 Å². The second kappa shape index (κ2) is 11.3. The molecule has 2 aromatic carbocycles. The Kier molecular flexibility index (Phi) is 7.48. The van der Waals surface area contributed by atoms with E-state index in [4.69, 9.17) is 21.1 Å². The third kappa shape index (κ3) is 5.80. The Balaban J connectivity index is 1.07. The van der Waals surface area contributed by atoms with Gasteiger partial charge >= 0.3 is 6.18 Å². The normalized spacial score (nSPS) is 20.9. The third-order valence-electron chi connectivity index (χ3n) is 9.40. The molecule has 1 aliphatic carbocycles. The van der Waals surface area contributed by atoms with Crippen LogP contribution in [0.3, 0.4) is 0 Å². The van der Waals surface area contributed by atoms with Crippen molar-refractivity contribution in [3.63, 3.8) is 0 Å². The lowest BCUT2D eigenvalue weighted by atomic mass is 9.88. The molecule has 2 aliphatic heterocycles. The van der Waals surface area contributed by atoms with E-state index in [-0.39, 0.29) is 11.7 Å². The first kappa shape index (κ1) is 30.5. The SMILES string of the molecule is Cc1cc(Cl)ccc1C1(C)Oc2cccc(C3CCN(Cc4ncc(-c5nnc(C(F)(F)F)[nH]5)cc4CC4(C#N)CC4)CC3)c2O1. The number of hydrogen-bond acceptors (Lipinski definition) is 7. The second-order valence-corrected chi connectivity index (χ2v) is 13.2. The molecule has 4 heterocycles. The minimum atomic E-state index is -4.62. The highest BCUT2D eigenvalue weighted by atomic mass is 35.5. The van der Waals surface area contributed by atoms with E-state index in [0.717, 1.165) is 78.2 Å². The molecular weight excluding hydrogens is 617 g/mol. The topological polar surface area (TPSA) is 100.0 Å². The molecule has 0 amide bonds. The number of H-pyrrole nitrogens is 1. The summed E-state index contributed by atoms with van der Waals surface area (Å²) in [7, 11) is 0. The quantitative estimate of drug-likeness (QED) is 0.219. The van der Waals surface area contributed by atoms with Crippen molar-refractivity contribution in [1.82, 2.24) is 25.1 Å². The van der Waals surface area contributed by atoms with Crippen molar-refractivity contribution in [2.24, 2.45) is 5.41 Å². The summed E-state index contributed by atoms with van der Waals surface area (Å²) >= 11 is 6.20. The summed E-state index contributed by atoms with van der Waals surface area (Å²) in [6, 6.07) is 16.0. The van der Waals surface area contributed by atoms with Gasteiger partial charge in [0.25, 0.3) is 5.79 Å². The molecule has 1 unspecified atom stereocenters. The molecule has 0 radical (unpaired) electrons. The highest BCUT2D eigenvalue weighted by Gasteiger charge is 2.44. The second-order valence-electron chi connectivity index (χ2n) is 12.8. The van der Waals surface area contributed by atoms with E-state index in [2.05, 4.69) is 37.2 Å². The van der Waals surface area contributed by atoms with Crippen LogP contribution in [0, 0.1) is 23.7 Å². The van der Waals surface area contributed by atoms with E-state index in [1.54, 1.807) is 6.07 Å². The van der Waals surface area contributed by atoms with Crippen LogP contribution in [0.25, 0.3) is 11.4 Å². The van der Waals surface area contributed by atoms with Crippen molar-refractivity contribution in [1.29, 1.82) is 5.26 Å². The number of likely N-dealkylation sites (tertiary alicyclic amines) is 1. The van der Waals surface area contributed by atoms with Crippen LogP contribution in [0.5, 0.6) is 11.5 Å². The number of pyridine rings is 1. The third-order valence-corrected chi connectivity index (χ3v) is 9.63. The Hall–Kier alpha value is -4.14. The fourth-order valence-corrected chi connectivity index (χ4v) is 6.88. The average Bonchev–Trinajstić information content (AvgIpc) is 3.42. The molecular formula is C34H32ClF3N6O2. The van der Waals surface area contributed by atoms with Gasteiger partial charge in [0.05, 0.1) is 17.2 Å². The van der Waals surface area contributed by atoms with E-state index in [1.807, 2.05) is 44.2 Å². The summed E-state index contributed by atoms with van der Waals surface area (Å²) in [6.45, 7) is 6.16. The molecule has 3 aliphatic rings. The summed E-state index contributed by atoms with van der Waals surface area (Å²) in [6.07, 6.45) is 0.805. The number of hydrogen-bond donors (Lipinski definition) is 1. The molecule has 1 saturated carbocycles. The molecule has 1 saturated heterocycles. The highest BCUT2D eigenvalue weighted by Crippen LogP contribution is 2.50. The van der Waals surface area contributed by atoms with Crippen LogP contribution < -0.4 is 9.47 Å². The lowest BCUT2D eigenvalue weighted by molar-refractivity contribution is -0.144. The van der Waals surface area contributed by atoms with Gasteiger partial charge in [-0.05, 0) is 99.5 Å². The van der Waals surface area contributed by atoms with Crippen molar-refractivity contribution in [2.75, 3.05) is 13.1 Å². The molecule has 2 aromatic heterocycles. The first-order chi connectivity index (χ1) is 22.0. The van der Waals surface area contributed by atoms with Crippen molar-refractivity contribution in [2.45, 2.75) is 70.4 Å². The lowest BCUT2D eigenvalue weighted by Gasteiger charge is -2.33. The molecule has 0 bridgehead atoms. The van der Waals surface area contributed by atoms with Crippen LogP contribution in [0.2, 0.25) is 5.02 Å². The predicted octanol–water partition coefficient (Wildman–Crippen LogP) is 7.72. The van der Waals surface area contributed by atoms with Gasteiger partial charge in [0, 0.05) is 41.4 Å². The minimum absolute atomic E-state index is 0.000781. The molecule has 2 fully saturated rings. The summed E-state index contributed by atoms with van der Waals surface area (Å²) in [4.78, 5) is 9.28. The molecule has 4 aromatic rings. The van der Waals surface area contributed by atoms with Crippen LogP contribution in [-0.4, -0.2) is 38.2 Å². The largest absolute Gasteiger partial charge is 0.451 e. The van der Waals surface area contributed by atoms with Gasteiger partial charge < -0.3 is 14.5 Å². The predicted molar refractivity (Wildman–Crippen MR) is 164 cm³/mol. The maximum Gasteiger partial charge on any atom is 0.451 e. The van der Waals surface area contributed by atoms with E-state index in [0.29, 0.717) is 23.6 Å². The summed E-state index contributed by atoms with van der Waals surface area (Å²) in [5.41, 5.74) is 4.69. The van der Waals surface area contributed by atoms with Gasteiger partial charge in [-0.15, -0.1) is 10.2 Å². The first-order valence-electron chi connectivity index (χ1n) is 15.3. The zero-order valence-electron chi connectivity index (χ0n) is 25.4. The standard InChI is InChI=1S/C34H32ClF3N6O2/c1-20-14-24(35)6-7-26(20)32(2)45-28-5-3-4-25(29(28)46-32)21-8-12-44(13-9-21)18-27-22(16-33(19-39)10-11-33)15-23(17-40-27)30-41-31(43-42-30)34(36,37)38/h3-7,14-15,17,21H,8-13,16,18H2,1-2H3,(H,41,42,43).